The van der Waals surface area contributed by atoms with Crippen molar-refractivity contribution in [2.24, 2.45) is 0 Å². The summed E-state index contributed by atoms with van der Waals surface area (Å²) >= 11 is 0. The number of rotatable bonds is 5. The monoisotopic (exact) mass is 423 g/mol. The van der Waals surface area contributed by atoms with Crippen LogP contribution in [0.25, 0.3) is 27.8 Å². The molecular weight excluding hydrogens is 402 g/mol. The predicted octanol–water partition coefficient (Wildman–Crippen LogP) is 4.05. The normalized spacial score (nSPS) is 11.2. The second-order valence-corrected chi connectivity index (χ2v) is 7.65. The third-order valence-electron chi connectivity index (χ3n) is 5.47. The van der Waals surface area contributed by atoms with E-state index in [0.717, 1.165) is 22.5 Å². The standard InChI is InChI=1S/C25H21N5O2/c1-17-7-6-13-29-15-22(28-24(17)29)18-8-2-5-11-21(18)27-23(31)12-14-30-16-26-20-10-4-3-9-19(20)25(30)32/h2-11,13,15-16H,12,14H2,1H3,(H,27,31). The van der Waals surface area contributed by atoms with E-state index in [4.69, 9.17) is 4.98 Å². The van der Waals surface area contributed by atoms with Crippen LogP contribution in [0.5, 0.6) is 0 Å². The average Bonchev–Trinajstić information content (AvgIpc) is 3.25. The maximum absolute atomic E-state index is 12.7. The summed E-state index contributed by atoms with van der Waals surface area (Å²) in [5, 5.41) is 3.52. The predicted molar refractivity (Wildman–Crippen MR) is 125 cm³/mol. The minimum atomic E-state index is -0.183. The second kappa shape index (κ2) is 8.11. The van der Waals surface area contributed by atoms with Gasteiger partial charge in [-0.3, -0.25) is 14.2 Å². The Kier molecular flexibility index (Phi) is 4.99. The molecule has 3 heterocycles. The highest BCUT2D eigenvalue weighted by Gasteiger charge is 2.13. The Hall–Kier alpha value is -4.26. The first kappa shape index (κ1) is 19.7. The van der Waals surface area contributed by atoms with Gasteiger partial charge in [0.05, 0.1) is 28.6 Å². The zero-order valence-corrected chi connectivity index (χ0v) is 17.5. The number of nitrogens with zero attached hydrogens (tertiary/aromatic N) is 4. The molecule has 0 aliphatic rings. The summed E-state index contributed by atoms with van der Waals surface area (Å²) in [6.07, 6.45) is 5.55. The van der Waals surface area contributed by atoms with Gasteiger partial charge in [0, 0.05) is 30.9 Å². The first-order valence-electron chi connectivity index (χ1n) is 10.4. The highest BCUT2D eigenvalue weighted by Crippen LogP contribution is 2.28. The van der Waals surface area contributed by atoms with Crippen LogP contribution in [-0.4, -0.2) is 24.8 Å². The van der Waals surface area contributed by atoms with E-state index in [1.807, 2.05) is 66.2 Å². The third kappa shape index (κ3) is 3.65. The van der Waals surface area contributed by atoms with E-state index in [1.54, 1.807) is 18.2 Å². The van der Waals surface area contributed by atoms with Crippen molar-refractivity contribution in [2.75, 3.05) is 5.32 Å². The topological polar surface area (TPSA) is 81.3 Å². The zero-order chi connectivity index (χ0) is 22.1. The van der Waals surface area contributed by atoms with E-state index in [-0.39, 0.29) is 24.4 Å². The van der Waals surface area contributed by atoms with Crippen LogP contribution in [-0.2, 0) is 11.3 Å². The van der Waals surface area contributed by atoms with E-state index < -0.39 is 0 Å². The van der Waals surface area contributed by atoms with E-state index in [0.29, 0.717) is 16.6 Å². The number of imidazole rings is 1. The van der Waals surface area contributed by atoms with Gasteiger partial charge in [-0.05, 0) is 36.8 Å². The lowest BCUT2D eigenvalue weighted by atomic mass is 10.1. The van der Waals surface area contributed by atoms with Crippen molar-refractivity contribution >= 4 is 28.1 Å². The van der Waals surface area contributed by atoms with E-state index in [1.165, 1.54) is 10.9 Å². The average molecular weight is 423 g/mol. The molecule has 0 aliphatic carbocycles. The van der Waals surface area contributed by atoms with Gasteiger partial charge in [-0.25, -0.2) is 9.97 Å². The number of fused-ring (bicyclic) bond motifs is 2. The summed E-state index contributed by atoms with van der Waals surface area (Å²) < 4.78 is 3.45. The van der Waals surface area contributed by atoms with Gasteiger partial charge in [0.15, 0.2) is 0 Å². The number of pyridine rings is 1. The smallest absolute Gasteiger partial charge is 0.261 e. The molecule has 7 heteroatoms. The lowest BCUT2D eigenvalue weighted by Crippen LogP contribution is -2.23. The molecule has 0 spiro atoms. The van der Waals surface area contributed by atoms with Gasteiger partial charge in [0.1, 0.15) is 5.65 Å². The van der Waals surface area contributed by atoms with Crippen molar-refractivity contribution in [1.29, 1.82) is 0 Å². The number of carbonyl (C=O) groups excluding carboxylic acids is 1. The van der Waals surface area contributed by atoms with Gasteiger partial charge < -0.3 is 9.72 Å². The van der Waals surface area contributed by atoms with Crippen LogP contribution in [0.3, 0.4) is 0 Å². The highest BCUT2D eigenvalue weighted by atomic mass is 16.2. The van der Waals surface area contributed by atoms with Crippen LogP contribution in [0, 0.1) is 6.92 Å². The van der Waals surface area contributed by atoms with Crippen molar-refractivity contribution in [2.45, 2.75) is 19.9 Å². The van der Waals surface area contributed by atoms with Crippen molar-refractivity contribution in [1.82, 2.24) is 18.9 Å². The lowest BCUT2D eigenvalue weighted by Gasteiger charge is -2.10. The van der Waals surface area contributed by atoms with Crippen LogP contribution in [0.15, 0.2) is 84.2 Å². The number of benzene rings is 2. The molecule has 2 aromatic carbocycles. The zero-order valence-electron chi connectivity index (χ0n) is 17.5. The Balaban J connectivity index is 1.36. The molecule has 0 saturated heterocycles. The number of para-hydroxylation sites is 2. The summed E-state index contributed by atoms with van der Waals surface area (Å²) in [6, 6.07) is 18.8. The molecule has 5 rings (SSSR count). The van der Waals surface area contributed by atoms with Crippen LogP contribution in [0.4, 0.5) is 5.69 Å². The Labute approximate surface area is 184 Å². The minimum Gasteiger partial charge on any atom is -0.325 e. The number of anilines is 1. The Morgan fingerprint density at radius 1 is 1.03 bits per heavy atom. The molecule has 158 valence electrons. The van der Waals surface area contributed by atoms with E-state index >= 15 is 0 Å². The quantitative estimate of drug-likeness (QED) is 0.462. The fourth-order valence-electron chi connectivity index (χ4n) is 3.80. The van der Waals surface area contributed by atoms with Crippen molar-refractivity contribution in [3.8, 4) is 11.3 Å². The van der Waals surface area contributed by atoms with Gasteiger partial charge >= 0.3 is 0 Å². The molecule has 0 radical (unpaired) electrons. The second-order valence-electron chi connectivity index (χ2n) is 7.65. The molecular formula is C25H21N5O2. The van der Waals surface area contributed by atoms with Crippen molar-refractivity contribution in [3.63, 3.8) is 0 Å². The van der Waals surface area contributed by atoms with Gasteiger partial charge in [-0.2, -0.15) is 0 Å². The molecule has 0 unspecified atom stereocenters. The molecule has 3 aromatic heterocycles. The van der Waals surface area contributed by atoms with Gasteiger partial charge in [-0.15, -0.1) is 0 Å². The van der Waals surface area contributed by atoms with Crippen molar-refractivity contribution < 1.29 is 4.79 Å². The molecule has 0 bridgehead atoms. The number of amides is 1. The Morgan fingerprint density at radius 2 is 1.84 bits per heavy atom. The molecule has 0 aliphatic heterocycles. The summed E-state index contributed by atoms with van der Waals surface area (Å²) in [5.41, 5.74) is 4.77. The largest absolute Gasteiger partial charge is 0.325 e. The first-order valence-corrected chi connectivity index (χ1v) is 10.4. The van der Waals surface area contributed by atoms with E-state index in [2.05, 4.69) is 10.3 Å². The number of nitrogens with one attached hydrogen (secondary N) is 1. The van der Waals surface area contributed by atoms with Crippen LogP contribution < -0.4 is 10.9 Å². The van der Waals surface area contributed by atoms with Gasteiger partial charge in [-0.1, -0.05) is 36.4 Å². The lowest BCUT2D eigenvalue weighted by molar-refractivity contribution is -0.116. The molecule has 0 atom stereocenters. The molecule has 7 nitrogen and oxygen atoms in total. The Morgan fingerprint density at radius 3 is 2.72 bits per heavy atom. The third-order valence-corrected chi connectivity index (χ3v) is 5.47. The molecule has 1 amide bonds. The number of aromatic nitrogens is 4. The van der Waals surface area contributed by atoms with Gasteiger partial charge in [0.25, 0.3) is 5.56 Å². The maximum Gasteiger partial charge on any atom is 0.261 e. The van der Waals surface area contributed by atoms with Crippen LogP contribution in [0.2, 0.25) is 0 Å². The molecule has 32 heavy (non-hydrogen) atoms. The highest BCUT2D eigenvalue weighted by molar-refractivity contribution is 5.95. The number of hydrogen-bond donors (Lipinski definition) is 1. The summed E-state index contributed by atoms with van der Waals surface area (Å²) in [5.74, 6) is -0.183. The molecule has 1 N–H and O–H groups in total. The van der Waals surface area contributed by atoms with Crippen LogP contribution >= 0.6 is 0 Å². The summed E-state index contributed by atoms with van der Waals surface area (Å²) in [4.78, 5) is 34.4. The molecule has 0 saturated carbocycles. The van der Waals surface area contributed by atoms with Crippen molar-refractivity contribution in [3.05, 3.63) is 95.3 Å². The SMILES string of the molecule is Cc1cccn2cc(-c3ccccc3NC(=O)CCn3cnc4ccccc4c3=O)nc12. The van der Waals surface area contributed by atoms with Crippen LogP contribution in [0.1, 0.15) is 12.0 Å². The summed E-state index contributed by atoms with van der Waals surface area (Å²) in [7, 11) is 0. The molecule has 5 aromatic rings. The van der Waals surface area contributed by atoms with Gasteiger partial charge in [0.2, 0.25) is 5.91 Å². The maximum atomic E-state index is 12.7. The number of hydrogen-bond acceptors (Lipinski definition) is 4. The summed E-state index contributed by atoms with van der Waals surface area (Å²) in [6.45, 7) is 2.27. The molecule has 0 fully saturated rings. The fourth-order valence-corrected chi connectivity index (χ4v) is 3.80. The van der Waals surface area contributed by atoms with E-state index in [9.17, 15) is 9.59 Å². The Bertz CT molecular complexity index is 1520. The number of carbonyl (C=O) groups is 1. The number of aryl methyl sites for hydroxylation is 2. The fraction of sp³-hybridized carbons (Fsp3) is 0.120. The first-order chi connectivity index (χ1) is 15.6. The minimum absolute atomic E-state index is 0.149.